The summed E-state index contributed by atoms with van der Waals surface area (Å²) >= 11 is 0. The van der Waals surface area contributed by atoms with Crippen molar-refractivity contribution in [1.29, 1.82) is 0 Å². The predicted octanol–water partition coefficient (Wildman–Crippen LogP) is 1.79. The van der Waals surface area contributed by atoms with Crippen LogP contribution in [0.15, 0.2) is 29.1 Å². The highest BCUT2D eigenvalue weighted by atomic mass is 32.2. The molecule has 0 bridgehead atoms. The molecular formula is C20H26N6O3S. The number of fused-ring (bicyclic) bond motifs is 1. The Labute approximate surface area is 175 Å². The van der Waals surface area contributed by atoms with Crippen LogP contribution in [0.25, 0.3) is 11.2 Å². The molecule has 9 nitrogen and oxygen atoms in total. The second-order valence-corrected chi connectivity index (χ2v) is 9.96. The van der Waals surface area contributed by atoms with Crippen LogP contribution in [0.1, 0.15) is 49.1 Å². The third-order valence-corrected chi connectivity index (χ3v) is 7.51. The first-order valence-electron chi connectivity index (χ1n) is 10.2. The Morgan fingerprint density at radius 2 is 2.00 bits per heavy atom. The largest absolute Gasteiger partial charge is 0.308 e. The van der Waals surface area contributed by atoms with Crippen LogP contribution in [-0.4, -0.2) is 56.5 Å². The van der Waals surface area contributed by atoms with E-state index in [9.17, 15) is 13.2 Å². The number of hydrogen-bond donors (Lipinski definition) is 1. The first-order chi connectivity index (χ1) is 14.4. The highest BCUT2D eigenvalue weighted by Crippen LogP contribution is 2.26. The zero-order chi connectivity index (χ0) is 21.3. The van der Waals surface area contributed by atoms with Crippen molar-refractivity contribution >= 4 is 21.2 Å². The van der Waals surface area contributed by atoms with E-state index in [1.54, 1.807) is 4.68 Å². The van der Waals surface area contributed by atoms with E-state index in [0.29, 0.717) is 37.5 Å². The molecule has 0 spiro atoms. The van der Waals surface area contributed by atoms with E-state index in [1.807, 2.05) is 38.1 Å². The molecule has 0 amide bonds. The molecule has 3 aromatic rings. The van der Waals surface area contributed by atoms with Gasteiger partial charge in [0, 0.05) is 19.0 Å². The fourth-order valence-corrected chi connectivity index (χ4v) is 5.44. The molecule has 1 aliphatic rings. The van der Waals surface area contributed by atoms with Crippen molar-refractivity contribution in [1.82, 2.24) is 29.3 Å². The number of aromatic nitrogens is 5. The lowest BCUT2D eigenvalue weighted by atomic mass is 9.99. The molecule has 1 saturated heterocycles. The topological polar surface area (TPSA) is 114 Å². The third kappa shape index (κ3) is 4.15. The van der Waals surface area contributed by atoms with E-state index in [4.69, 9.17) is 0 Å². The van der Waals surface area contributed by atoms with Crippen LogP contribution in [0.5, 0.6) is 0 Å². The second kappa shape index (κ2) is 8.27. The fourth-order valence-electron chi connectivity index (χ4n) is 3.85. The van der Waals surface area contributed by atoms with Gasteiger partial charge in [-0.2, -0.15) is 0 Å². The molecule has 0 aliphatic carbocycles. The summed E-state index contributed by atoms with van der Waals surface area (Å²) in [6, 6.07) is 8.06. The number of hydrogen-bond acceptors (Lipinski definition) is 6. The molecule has 2 aromatic heterocycles. The number of sulfonamides is 1. The van der Waals surface area contributed by atoms with Crippen LogP contribution in [0.4, 0.5) is 0 Å². The van der Waals surface area contributed by atoms with E-state index < -0.39 is 10.0 Å². The quantitative estimate of drug-likeness (QED) is 0.638. The van der Waals surface area contributed by atoms with Crippen LogP contribution >= 0.6 is 0 Å². The van der Waals surface area contributed by atoms with Gasteiger partial charge in [0.1, 0.15) is 5.82 Å². The highest BCUT2D eigenvalue weighted by molar-refractivity contribution is 7.89. The van der Waals surface area contributed by atoms with E-state index in [1.165, 1.54) is 9.87 Å². The number of nitrogens with zero attached hydrogens (tertiary/aromatic N) is 5. The van der Waals surface area contributed by atoms with Gasteiger partial charge >= 0.3 is 0 Å². The summed E-state index contributed by atoms with van der Waals surface area (Å²) in [5, 5.41) is 8.11. The molecule has 1 N–H and O–H groups in total. The Morgan fingerprint density at radius 1 is 1.23 bits per heavy atom. The van der Waals surface area contributed by atoms with Crippen LogP contribution in [0, 0.1) is 6.92 Å². The second-order valence-electron chi connectivity index (χ2n) is 7.87. The Kier molecular flexibility index (Phi) is 5.70. The van der Waals surface area contributed by atoms with Gasteiger partial charge < -0.3 is 4.98 Å². The number of benzene rings is 1. The van der Waals surface area contributed by atoms with Gasteiger partial charge in [-0.25, -0.2) is 22.4 Å². The molecule has 10 heteroatoms. The zero-order valence-electron chi connectivity index (χ0n) is 17.2. The molecule has 0 radical (unpaired) electrons. The lowest BCUT2D eigenvalue weighted by molar-refractivity contribution is 0.309. The van der Waals surface area contributed by atoms with E-state index in [2.05, 4.69) is 20.3 Å². The molecule has 1 aliphatic heterocycles. The number of aryl methyl sites for hydroxylation is 1. The number of H-pyrrole nitrogens is 1. The van der Waals surface area contributed by atoms with Crippen molar-refractivity contribution in [2.75, 3.05) is 18.8 Å². The zero-order valence-corrected chi connectivity index (χ0v) is 18.0. The molecule has 160 valence electrons. The maximum atomic E-state index is 12.6. The SMILES string of the molecule is CCCS(=O)(=O)N1CCCC(c2nc3c(nnn3Cc3ccc(C)cc3)c(=O)[nH]2)C1. The lowest BCUT2D eigenvalue weighted by Crippen LogP contribution is -2.41. The monoisotopic (exact) mass is 430 g/mol. The van der Waals surface area contributed by atoms with Crippen molar-refractivity contribution in [3.8, 4) is 0 Å². The summed E-state index contributed by atoms with van der Waals surface area (Å²) < 4.78 is 28.1. The van der Waals surface area contributed by atoms with Gasteiger partial charge in [0.25, 0.3) is 5.56 Å². The summed E-state index contributed by atoms with van der Waals surface area (Å²) in [4.78, 5) is 20.1. The van der Waals surface area contributed by atoms with Crippen LogP contribution in [-0.2, 0) is 16.6 Å². The first kappa shape index (κ1) is 20.7. The molecule has 0 saturated carbocycles. The normalized spacial score (nSPS) is 18.1. The van der Waals surface area contributed by atoms with Gasteiger partial charge in [-0.1, -0.05) is 42.0 Å². The lowest BCUT2D eigenvalue weighted by Gasteiger charge is -2.31. The van der Waals surface area contributed by atoms with Gasteiger partial charge in [-0.3, -0.25) is 4.79 Å². The molecular weight excluding hydrogens is 404 g/mol. The molecule has 30 heavy (non-hydrogen) atoms. The summed E-state index contributed by atoms with van der Waals surface area (Å²) in [6.45, 7) is 5.17. The summed E-state index contributed by atoms with van der Waals surface area (Å²) in [5.41, 5.74) is 2.46. The first-order valence-corrected chi connectivity index (χ1v) is 11.8. The molecule has 1 fully saturated rings. The van der Waals surface area contributed by atoms with E-state index in [-0.39, 0.29) is 22.7 Å². The minimum atomic E-state index is -3.28. The number of aromatic amines is 1. The summed E-state index contributed by atoms with van der Waals surface area (Å²) in [6.07, 6.45) is 2.08. The number of nitrogens with one attached hydrogen (secondary N) is 1. The van der Waals surface area contributed by atoms with Crippen LogP contribution in [0.2, 0.25) is 0 Å². The minimum absolute atomic E-state index is 0.135. The molecule has 3 heterocycles. The average molecular weight is 431 g/mol. The Bertz CT molecular complexity index is 1200. The number of piperidine rings is 1. The molecule has 1 unspecified atom stereocenters. The van der Waals surface area contributed by atoms with Gasteiger partial charge in [0.05, 0.1) is 12.3 Å². The third-order valence-electron chi connectivity index (χ3n) is 5.47. The van der Waals surface area contributed by atoms with Crippen molar-refractivity contribution < 1.29 is 8.42 Å². The number of rotatable bonds is 6. The fraction of sp³-hybridized carbons (Fsp3) is 0.500. The van der Waals surface area contributed by atoms with Gasteiger partial charge in [0.2, 0.25) is 10.0 Å². The van der Waals surface area contributed by atoms with Crippen molar-refractivity contribution in [2.24, 2.45) is 0 Å². The van der Waals surface area contributed by atoms with Crippen molar-refractivity contribution in [2.45, 2.75) is 45.6 Å². The van der Waals surface area contributed by atoms with Crippen LogP contribution in [0.3, 0.4) is 0 Å². The van der Waals surface area contributed by atoms with Gasteiger partial charge in [0.15, 0.2) is 11.2 Å². The van der Waals surface area contributed by atoms with Crippen molar-refractivity contribution in [3.63, 3.8) is 0 Å². The van der Waals surface area contributed by atoms with E-state index in [0.717, 1.165) is 18.4 Å². The van der Waals surface area contributed by atoms with Gasteiger partial charge in [-0.05, 0) is 31.7 Å². The maximum Gasteiger partial charge on any atom is 0.281 e. The smallest absolute Gasteiger partial charge is 0.281 e. The molecule has 1 aromatic carbocycles. The summed E-state index contributed by atoms with van der Waals surface area (Å²) in [7, 11) is -3.28. The highest BCUT2D eigenvalue weighted by Gasteiger charge is 2.30. The maximum absolute atomic E-state index is 12.6. The van der Waals surface area contributed by atoms with Gasteiger partial charge in [-0.15, -0.1) is 5.10 Å². The predicted molar refractivity (Wildman–Crippen MR) is 114 cm³/mol. The summed E-state index contributed by atoms with van der Waals surface area (Å²) in [5.74, 6) is 0.470. The van der Waals surface area contributed by atoms with E-state index >= 15 is 0 Å². The Hall–Kier alpha value is -2.59. The Balaban J connectivity index is 1.65. The van der Waals surface area contributed by atoms with Crippen molar-refractivity contribution in [3.05, 3.63) is 51.6 Å². The Morgan fingerprint density at radius 3 is 2.73 bits per heavy atom. The minimum Gasteiger partial charge on any atom is -0.308 e. The molecule has 4 rings (SSSR count). The average Bonchev–Trinajstić information content (AvgIpc) is 3.13. The van der Waals surface area contributed by atoms with Crippen LogP contribution < -0.4 is 5.56 Å². The standard InChI is InChI=1S/C20H26N6O3S/c1-3-11-30(28,29)25-10-4-5-16(13-25)18-21-19-17(20(27)22-18)23-24-26(19)12-15-8-6-14(2)7-9-15/h6-9,16H,3-5,10-13H2,1-2H3,(H,21,22,27). The molecule has 1 atom stereocenters.